The number of amides is 2. The van der Waals surface area contributed by atoms with E-state index in [0.717, 1.165) is 16.7 Å². The summed E-state index contributed by atoms with van der Waals surface area (Å²) in [5, 5.41) is 24.0. The molecule has 1 aliphatic heterocycles. The molecule has 126 valence electrons. The third kappa shape index (κ3) is 3.65. The fourth-order valence-corrected chi connectivity index (χ4v) is 2.36. The zero-order valence-corrected chi connectivity index (χ0v) is 13.3. The predicted molar refractivity (Wildman–Crippen MR) is 88.8 cm³/mol. The molecule has 2 rings (SSSR count). The molecule has 24 heavy (non-hydrogen) atoms. The van der Waals surface area contributed by atoms with Gasteiger partial charge in [0.1, 0.15) is 0 Å². The van der Waals surface area contributed by atoms with Crippen LogP contribution >= 0.6 is 0 Å². The van der Waals surface area contributed by atoms with Gasteiger partial charge in [0.05, 0.1) is 18.6 Å². The first kappa shape index (κ1) is 17.3. The molecule has 1 aromatic carbocycles. The number of rotatable bonds is 6. The van der Waals surface area contributed by atoms with E-state index in [0.29, 0.717) is 31.7 Å². The van der Waals surface area contributed by atoms with Gasteiger partial charge in [-0.15, -0.1) is 0 Å². The van der Waals surface area contributed by atoms with Crippen LogP contribution in [0.1, 0.15) is 23.6 Å². The molecule has 8 heteroatoms. The molecule has 0 spiro atoms. The minimum absolute atomic E-state index is 0.0238. The number of carbonyl (C=O) groups is 2. The van der Waals surface area contributed by atoms with Crippen LogP contribution in [0.2, 0.25) is 0 Å². The Labute approximate surface area is 139 Å². The monoisotopic (exact) mass is 329 g/mol. The fraction of sp³-hybridized carbons (Fsp3) is 0.312. The van der Waals surface area contributed by atoms with Crippen LogP contribution in [0.5, 0.6) is 0 Å². The van der Waals surface area contributed by atoms with Gasteiger partial charge in [-0.05, 0) is 16.7 Å². The summed E-state index contributed by atoms with van der Waals surface area (Å²) >= 11 is 0. The molecule has 0 atom stereocenters. The summed E-state index contributed by atoms with van der Waals surface area (Å²) in [6.45, 7) is 2.89. The van der Waals surface area contributed by atoms with Crippen LogP contribution in [-0.2, 0) is 29.2 Å². The van der Waals surface area contributed by atoms with Gasteiger partial charge >= 0.3 is 6.09 Å². The Kier molecular flexibility index (Phi) is 5.08. The van der Waals surface area contributed by atoms with Crippen LogP contribution in [0, 0.1) is 16.2 Å². The molecule has 0 radical (unpaired) electrons. The Balaban J connectivity index is 1.96. The summed E-state index contributed by atoms with van der Waals surface area (Å²) in [6.07, 6.45) is 1.30. The second-order valence-electron chi connectivity index (χ2n) is 5.51. The Hall–Kier alpha value is -3.03. The van der Waals surface area contributed by atoms with Gasteiger partial charge in [-0.3, -0.25) is 4.79 Å². The number of nitrogens with zero attached hydrogens (tertiary/aromatic N) is 1. The number of ether oxygens (including phenoxy) is 1. The molecule has 0 unspecified atom stereocenters. The molecule has 1 heterocycles. The van der Waals surface area contributed by atoms with Gasteiger partial charge in [0.15, 0.2) is 0 Å². The Morgan fingerprint density at radius 1 is 1.21 bits per heavy atom. The SMILES string of the molecule is CC(=O)N1Cc2ccc(CNC(=O)OC(C=N)(C=N)C=N)cc2C1. The van der Waals surface area contributed by atoms with Gasteiger partial charge in [-0.1, -0.05) is 18.2 Å². The second-order valence-corrected chi connectivity index (χ2v) is 5.51. The van der Waals surface area contributed by atoms with Crippen LogP contribution in [0.25, 0.3) is 0 Å². The van der Waals surface area contributed by atoms with Crippen molar-refractivity contribution in [1.82, 2.24) is 10.2 Å². The lowest BCUT2D eigenvalue weighted by molar-refractivity contribution is -0.129. The highest BCUT2D eigenvalue weighted by Crippen LogP contribution is 2.23. The number of alkyl carbamates (subject to hydrolysis) is 1. The van der Waals surface area contributed by atoms with Gasteiger partial charge in [-0.2, -0.15) is 0 Å². The normalized spacial score (nSPS) is 15.0. The number of benzene rings is 1. The van der Waals surface area contributed by atoms with E-state index in [-0.39, 0.29) is 12.5 Å². The second kappa shape index (κ2) is 7.03. The topological polar surface area (TPSA) is 130 Å². The maximum atomic E-state index is 11.8. The van der Waals surface area contributed by atoms with E-state index in [9.17, 15) is 9.59 Å². The number of hydrogen-bond donors (Lipinski definition) is 4. The molecule has 0 bridgehead atoms. The smallest absolute Gasteiger partial charge is 0.409 e. The first-order valence-corrected chi connectivity index (χ1v) is 7.31. The van der Waals surface area contributed by atoms with Crippen molar-refractivity contribution < 1.29 is 14.3 Å². The summed E-state index contributed by atoms with van der Waals surface area (Å²) in [4.78, 5) is 25.0. The van der Waals surface area contributed by atoms with E-state index in [4.69, 9.17) is 21.0 Å². The van der Waals surface area contributed by atoms with Crippen LogP contribution < -0.4 is 5.32 Å². The largest absolute Gasteiger partial charge is 0.425 e. The van der Waals surface area contributed by atoms with Crippen molar-refractivity contribution in [1.29, 1.82) is 16.2 Å². The number of carbonyl (C=O) groups excluding carboxylic acids is 2. The number of nitrogens with one attached hydrogen (secondary N) is 4. The molecule has 0 aromatic heterocycles. The zero-order valence-electron chi connectivity index (χ0n) is 13.3. The third-order valence-corrected chi connectivity index (χ3v) is 3.82. The van der Waals surface area contributed by atoms with Gasteiger partial charge in [0.2, 0.25) is 11.5 Å². The number of fused-ring (bicyclic) bond motifs is 1. The molecule has 8 nitrogen and oxygen atoms in total. The van der Waals surface area contributed by atoms with Crippen LogP contribution in [-0.4, -0.2) is 41.1 Å². The summed E-state index contributed by atoms with van der Waals surface area (Å²) in [7, 11) is 0. The van der Waals surface area contributed by atoms with E-state index in [1.165, 1.54) is 6.92 Å². The lowest BCUT2D eigenvalue weighted by atomic mass is 10.1. The Morgan fingerprint density at radius 3 is 2.42 bits per heavy atom. The van der Waals surface area contributed by atoms with Crippen LogP contribution in [0.3, 0.4) is 0 Å². The van der Waals surface area contributed by atoms with E-state index in [1.807, 2.05) is 18.2 Å². The molecule has 0 fully saturated rings. The van der Waals surface area contributed by atoms with Crippen LogP contribution in [0.15, 0.2) is 18.2 Å². The first-order valence-electron chi connectivity index (χ1n) is 7.31. The molecular formula is C16H19N5O3. The fourth-order valence-electron chi connectivity index (χ4n) is 2.36. The third-order valence-electron chi connectivity index (χ3n) is 3.82. The highest BCUT2D eigenvalue weighted by atomic mass is 16.6. The molecule has 4 N–H and O–H groups in total. The van der Waals surface area contributed by atoms with Gasteiger partial charge in [0.25, 0.3) is 0 Å². The lowest BCUT2D eigenvalue weighted by Crippen LogP contribution is -2.42. The van der Waals surface area contributed by atoms with Crippen LogP contribution in [0.4, 0.5) is 4.79 Å². The lowest BCUT2D eigenvalue weighted by Gasteiger charge is -2.19. The summed E-state index contributed by atoms with van der Waals surface area (Å²) in [6, 6.07) is 5.72. The maximum Gasteiger partial charge on any atom is 0.409 e. The van der Waals surface area contributed by atoms with E-state index in [2.05, 4.69) is 5.32 Å². The minimum atomic E-state index is -1.75. The van der Waals surface area contributed by atoms with Crippen molar-refractivity contribution in [2.75, 3.05) is 0 Å². The quantitative estimate of drug-likeness (QED) is 0.589. The highest BCUT2D eigenvalue weighted by Gasteiger charge is 2.27. The molecule has 1 aromatic rings. The zero-order chi connectivity index (χ0) is 17.7. The maximum absolute atomic E-state index is 11.8. The van der Waals surface area contributed by atoms with E-state index >= 15 is 0 Å². The van der Waals surface area contributed by atoms with Crippen molar-refractivity contribution in [3.05, 3.63) is 34.9 Å². The Morgan fingerprint density at radius 2 is 1.83 bits per heavy atom. The van der Waals surface area contributed by atoms with Crippen molar-refractivity contribution in [3.8, 4) is 0 Å². The van der Waals surface area contributed by atoms with Crippen molar-refractivity contribution >= 4 is 30.6 Å². The average molecular weight is 329 g/mol. The first-order chi connectivity index (χ1) is 11.4. The van der Waals surface area contributed by atoms with Gasteiger partial charge in [-0.25, -0.2) is 4.79 Å². The summed E-state index contributed by atoms with van der Waals surface area (Å²) < 4.78 is 4.92. The predicted octanol–water partition coefficient (Wildman–Crippen LogP) is 1.46. The summed E-state index contributed by atoms with van der Waals surface area (Å²) in [5.41, 5.74) is 1.24. The van der Waals surface area contributed by atoms with Crippen molar-refractivity contribution in [2.24, 2.45) is 0 Å². The van der Waals surface area contributed by atoms with Crippen molar-refractivity contribution in [3.63, 3.8) is 0 Å². The standard InChI is InChI=1S/C16H19N5O3/c1-11(22)21-6-13-3-2-12(4-14(13)7-21)5-20-15(23)24-16(8-17,9-18)10-19/h2-4,8-10,17-19H,5-7H2,1H3,(H,20,23). The molecule has 0 saturated carbocycles. The minimum Gasteiger partial charge on any atom is -0.425 e. The molecule has 2 amide bonds. The van der Waals surface area contributed by atoms with Gasteiger partial charge < -0.3 is 31.2 Å². The van der Waals surface area contributed by atoms with E-state index < -0.39 is 11.7 Å². The van der Waals surface area contributed by atoms with Crippen molar-refractivity contribution in [2.45, 2.75) is 32.2 Å². The summed E-state index contributed by atoms with van der Waals surface area (Å²) in [5.74, 6) is 0.0238. The molecule has 1 aliphatic rings. The number of hydrogen-bond acceptors (Lipinski definition) is 6. The molecule has 0 saturated heterocycles. The molecule has 0 aliphatic carbocycles. The highest BCUT2D eigenvalue weighted by molar-refractivity contribution is 6.10. The average Bonchev–Trinajstić information content (AvgIpc) is 3.01. The van der Waals surface area contributed by atoms with E-state index in [1.54, 1.807) is 4.90 Å². The Bertz CT molecular complexity index is 679. The van der Waals surface area contributed by atoms with Gasteiger partial charge in [0, 0.05) is 26.6 Å². The molecular weight excluding hydrogens is 310 g/mol.